The van der Waals surface area contributed by atoms with E-state index in [4.69, 9.17) is 0 Å². The molecule has 5 rings (SSSR count). The number of H-pyrrole nitrogens is 1. The first-order valence-electron chi connectivity index (χ1n) is 11.7. The second-order valence-electron chi connectivity index (χ2n) is 8.70. The van der Waals surface area contributed by atoms with E-state index in [0.717, 1.165) is 50.3 Å². The molecule has 5 nitrogen and oxygen atoms in total. The van der Waals surface area contributed by atoms with Crippen LogP contribution >= 0.6 is 0 Å². The summed E-state index contributed by atoms with van der Waals surface area (Å²) in [5.74, 6) is 0.0440. The molecule has 0 unspecified atom stereocenters. The van der Waals surface area contributed by atoms with E-state index >= 15 is 0 Å². The minimum absolute atomic E-state index is 0.0440. The maximum Gasteiger partial charge on any atom is 0.224 e. The van der Waals surface area contributed by atoms with Gasteiger partial charge in [-0.2, -0.15) is 0 Å². The van der Waals surface area contributed by atoms with Crippen LogP contribution < -0.4 is 10.2 Å². The fraction of sp³-hybridized carbons (Fsp3) is 0.250. The number of hydrogen-bond acceptors (Lipinski definition) is 3. The highest BCUT2D eigenvalue weighted by Gasteiger charge is 2.17. The van der Waals surface area contributed by atoms with Gasteiger partial charge in [-0.15, -0.1) is 0 Å². The molecular formula is C28H30N4O. The van der Waals surface area contributed by atoms with Crippen LogP contribution in [0.5, 0.6) is 0 Å². The summed E-state index contributed by atoms with van der Waals surface area (Å²) in [6.07, 6.45) is 3.19. The fourth-order valence-corrected chi connectivity index (χ4v) is 4.57. The predicted octanol–water partition coefficient (Wildman–Crippen LogP) is 5.06. The van der Waals surface area contributed by atoms with Crippen LogP contribution in [0.1, 0.15) is 17.5 Å². The molecule has 2 N–H and O–H groups in total. The summed E-state index contributed by atoms with van der Waals surface area (Å²) in [7, 11) is 0. The van der Waals surface area contributed by atoms with Gasteiger partial charge in [0.25, 0.3) is 0 Å². The van der Waals surface area contributed by atoms with Crippen molar-refractivity contribution in [1.82, 2.24) is 9.88 Å². The Morgan fingerprint density at radius 1 is 0.848 bits per heavy atom. The molecule has 0 atom stereocenters. The molecule has 1 aliphatic heterocycles. The third-order valence-corrected chi connectivity index (χ3v) is 6.43. The lowest BCUT2D eigenvalue weighted by Crippen LogP contribution is -2.45. The van der Waals surface area contributed by atoms with E-state index < -0.39 is 0 Å². The van der Waals surface area contributed by atoms with Crippen molar-refractivity contribution in [1.29, 1.82) is 0 Å². The normalized spacial score (nSPS) is 14.5. The molecule has 0 saturated carbocycles. The Morgan fingerprint density at radius 2 is 1.58 bits per heavy atom. The van der Waals surface area contributed by atoms with Crippen molar-refractivity contribution in [2.75, 3.05) is 36.4 Å². The Morgan fingerprint density at radius 3 is 2.36 bits per heavy atom. The van der Waals surface area contributed by atoms with E-state index in [1.165, 1.54) is 22.2 Å². The number of nitrogens with one attached hydrogen (secondary N) is 2. The van der Waals surface area contributed by atoms with Crippen LogP contribution in [0.3, 0.4) is 0 Å². The van der Waals surface area contributed by atoms with Gasteiger partial charge in [0, 0.05) is 67.6 Å². The highest BCUT2D eigenvalue weighted by atomic mass is 16.1. The number of anilines is 2. The summed E-state index contributed by atoms with van der Waals surface area (Å²) in [5, 5.41) is 4.23. The van der Waals surface area contributed by atoms with Crippen molar-refractivity contribution >= 4 is 28.2 Å². The quantitative estimate of drug-likeness (QED) is 0.424. The monoisotopic (exact) mass is 438 g/mol. The number of aromatic nitrogens is 1. The summed E-state index contributed by atoms with van der Waals surface area (Å²) in [6.45, 7) is 5.16. The van der Waals surface area contributed by atoms with Crippen molar-refractivity contribution < 1.29 is 4.79 Å². The number of amides is 1. The zero-order valence-electron chi connectivity index (χ0n) is 18.8. The van der Waals surface area contributed by atoms with Crippen molar-refractivity contribution in [2.24, 2.45) is 0 Å². The van der Waals surface area contributed by atoms with Crippen molar-refractivity contribution in [3.8, 4) is 0 Å². The molecule has 168 valence electrons. The van der Waals surface area contributed by atoms with Gasteiger partial charge in [0.2, 0.25) is 5.91 Å². The van der Waals surface area contributed by atoms with Crippen molar-refractivity contribution in [3.63, 3.8) is 0 Å². The van der Waals surface area contributed by atoms with Gasteiger partial charge in [0.1, 0.15) is 0 Å². The van der Waals surface area contributed by atoms with Gasteiger partial charge < -0.3 is 15.2 Å². The Labute approximate surface area is 195 Å². The van der Waals surface area contributed by atoms with Gasteiger partial charge in [-0.3, -0.25) is 9.69 Å². The van der Waals surface area contributed by atoms with Crippen LogP contribution in [0.4, 0.5) is 11.4 Å². The Hall–Kier alpha value is -3.57. The van der Waals surface area contributed by atoms with Gasteiger partial charge >= 0.3 is 0 Å². The molecular weight excluding hydrogens is 408 g/mol. The molecule has 2 heterocycles. The molecule has 0 spiro atoms. The summed E-state index contributed by atoms with van der Waals surface area (Å²) in [6, 6.07) is 27.1. The number of aryl methyl sites for hydroxylation is 1. The predicted molar refractivity (Wildman–Crippen MR) is 136 cm³/mol. The molecule has 1 aromatic heterocycles. The number of rotatable bonds is 7. The summed E-state index contributed by atoms with van der Waals surface area (Å²) < 4.78 is 0. The number of fused-ring (bicyclic) bond motifs is 1. The van der Waals surface area contributed by atoms with Crippen LogP contribution in [0.2, 0.25) is 0 Å². The van der Waals surface area contributed by atoms with Gasteiger partial charge in [-0.05, 0) is 47.9 Å². The van der Waals surface area contributed by atoms with Crippen LogP contribution in [-0.4, -0.2) is 42.0 Å². The maximum absolute atomic E-state index is 12.5. The molecule has 0 aliphatic carbocycles. The smallest absolute Gasteiger partial charge is 0.224 e. The molecule has 5 heteroatoms. The van der Waals surface area contributed by atoms with E-state index in [2.05, 4.69) is 74.7 Å². The SMILES string of the molecule is O=C(CCc1c[nH]c2ccccc12)Nc1ccc(N2CCN(Cc3ccccc3)CC2)cc1. The van der Waals surface area contributed by atoms with Crippen molar-refractivity contribution in [3.05, 3.63) is 96.2 Å². The molecule has 1 aliphatic rings. The molecule has 1 saturated heterocycles. The Kier molecular flexibility index (Phi) is 6.40. The van der Waals surface area contributed by atoms with Gasteiger partial charge in [-0.1, -0.05) is 48.5 Å². The van der Waals surface area contributed by atoms with E-state index in [0.29, 0.717) is 6.42 Å². The number of carbonyl (C=O) groups is 1. The maximum atomic E-state index is 12.5. The molecule has 4 aromatic rings. The first-order chi connectivity index (χ1) is 16.2. The zero-order valence-corrected chi connectivity index (χ0v) is 18.8. The third-order valence-electron chi connectivity index (χ3n) is 6.43. The highest BCUT2D eigenvalue weighted by molar-refractivity contribution is 5.91. The molecule has 1 amide bonds. The van der Waals surface area contributed by atoms with Crippen molar-refractivity contribution in [2.45, 2.75) is 19.4 Å². The molecule has 33 heavy (non-hydrogen) atoms. The standard InChI is InChI=1S/C28H30N4O/c33-28(15-10-23-20-29-27-9-5-4-8-26(23)27)30-24-11-13-25(14-12-24)32-18-16-31(17-19-32)21-22-6-2-1-3-7-22/h1-9,11-14,20,29H,10,15-19,21H2,(H,30,33). The molecule has 1 fully saturated rings. The topological polar surface area (TPSA) is 51.4 Å². The lowest BCUT2D eigenvalue weighted by Gasteiger charge is -2.36. The van der Waals surface area contributed by atoms with Crippen LogP contribution in [0.15, 0.2) is 85.1 Å². The number of hydrogen-bond donors (Lipinski definition) is 2. The van der Waals surface area contributed by atoms with Gasteiger partial charge in [0.05, 0.1) is 0 Å². The van der Waals surface area contributed by atoms with Crippen LogP contribution in [-0.2, 0) is 17.8 Å². The fourth-order valence-electron chi connectivity index (χ4n) is 4.57. The van der Waals surface area contributed by atoms with E-state index in [-0.39, 0.29) is 5.91 Å². The minimum atomic E-state index is 0.0440. The number of benzene rings is 3. The van der Waals surface area contributed by atoms with Gasteiger partial charge in [0.15, 0.2) is 0 Å². The van der Waals surface area contributed by atoms with Crippen LogP contribution in [0, 0.1) is 0 Å². The van der Waals surface area contributed by atoms with E-state index in [1.54, 1.807) is 0 Å². The second kappa shape index (κ2) is 9.92. The first kappa shape index (κ1) is 21.3. The number of carbonyl (C=O) groups excluding carboxylic acids is 1. The largest absolute Gasteiger partial charge is 0.369 e. The Bertz CT molecular complexity index is 1190. The number of para-hydroxylation sites is 1. The lowest BCUT2D eigenvalue weighted by molar-refractivity contribution is -0.116. The highest BCUT2D eigenvalue weighted by Crippen LogP contribution is 2.22. The average Bonchev–Trinajstić information content (AvgIpc) is 3.28. The summed E-state index contributed by atoms with van der Waals surface area (Å²) in [5.41, 5.74) is 5.74. The molecule has 0 radical (unpaired) electrons. The van der Waals surface area contributed by atoms with E-state index in [9.17, 15) is 4.79 Å². The minimum Gasteiger partial charge on any atom is -0.369 e. The number of piperazine rings is 1. The molecule has 0 bridgehead atoms. The first-order valence-corrected chi connectivity index (χ1v) is 11.7. The number of nitrogens with zero attached hydrogens (tertiary/aromatic N) is 2. The summed E-state index contributed by atoms with van der Waals surface area (Å²) in [4.78, 5) is 20.7. The van der Waals surface area contributed by atoms with Gasteiger partial charge in [-0.25, -0.2) is 0 Å². The third kappa shape index (κ3) is 5.26. The number of aromatic amines is 1. The second-order valence-corrected chi connectivity index (χ2v) is 8.70. The lowest BCUT2D eigenvalue weighted by atomic mass is 10.1. The zero-order chi connectivity index (χ0) is 22.5. The average molecular weight is 439 g/mol. The van der Waals surface area contributed by atoms with E-state index in [1.807, 2.05) is 30.5 Å². The Balaban J connectivity index is 1.10. The molecule has 3 aromatic carbocycles. The summed E-state index contributed by atoms with van der Waals surface area (Å²) >= 11 is 0. The van der Waals surface area contributed by atoms with Crippen LogP contribution in [0.25, 0.3) is 10.9 Å².